The average molecular weight is 430 g/mol. The zero-order valence-corrected chi connectivity index (χ0v) is 21.1. The van der Waals surface area contributed by atoms with Crippen LogP contribution in [-0.2, 0) is 5.41 Å². The van der Waals surface area contributed by atoms with Crippen LogP contribution < -0.4 is 10.2 Å². The van der Waals surface area contributed by atoms with Crippen LogP contribution in [0.25, 0.3) is 5.57 Å². The smallest absolute Gasteiger partial charge is 0.0900 e. The zero-order valence-electron chi connectivity index (χ0n) is 21.1. The summed E-state index contributed by atoms with van der Waals surface area (Å²) in [5.41, 5.74) is 9.22. The van der Waals surface area contributed by atoms with E-state index in [0.717, 1.165) is 29.9 Å². The van der Waals surface area contributed by atoms with Crippen LogP contribution in [0, 0.1) is 0 Å². The second-order valence-electron chi connectivity index (χ2n) is 10.7. The van der Waals surface area contributed by atoms with Crippen molar-refractivity contribution < 1.29 is 0 Å². The summed E-state index contributed by atoms with van der Waals surface area (Å²) < 4.78 is 0. The van der Waals surface area contributed by atoms with Crippen LogP contribution in [0.1, 0.15) is 71.1 Å². The topological polar surface area (TPSA) is 27.6 Å². The molecule has 0 bridgehead atoms. The van der Waals surface area contributed by atoms with E-state index in [9.17, 15) is 0 Å². The van der Waals surface area contributed by atoms with E-state index >= 15 is 0 Å². The minimum absolute atomic E-state index is 0.0311. The number of aliphatic imine (C=N–C) groups is 1. The van der Waals surface area contributed by atoms with E-state index in [4.69, 9.17) is 4.99 Å². The summed E-state index contributed by atoms with van der Waals surface area (Å²) in [5, 5.41) is 3.61. The molecule has 3 rings (SSSR count). The molecule has 1 N–H and O–H groups in total. The van der Waals surface area contributed by atoms with Gasteiger partial charge >= 0.3 is 0 Å². The van der Waals surface area contributed by atoms with Gasteiger partial charge in [-0.05, 0) is 60.1 Å². The Hall–Kier alpha value is -2.81. The minimum atomic E-state index is -0.0311. The van der Waals surface area contributed by atoms with E-state index in [-0.39, 0.29) is 11.0 Å². The van der Waals surface area contributed by atoms with E-state index in [0.29, 0.717) is 0 Å². The van der Waals surface area contributed by atoms with Gasteiger partial charge in [-0.25, -0.2) is 0 Å². The largest absolute Gasteiger partial charge is 0.379 e. The number of hydrogen-bond acceptors (Lipinski definition) is 3. The molecule has 2 aromatic rings. The summed E-state index contributed by atoms with van der Waals surface area (Å²) in [5.74, 6) is 0. The Morgan fingerprint density at radius 3 is 2.00 bits per heavy atom. The van der Waals surface area contributed by atoms with Crippen LogP contribution in [0.15, 0.2) is 71.5 Å². The van der Waals surface area contributed by atoms with Crippen molar-refractivity contribution in [2.24, 2.45) is 4.99 Å². The fraction of sp³-hybridized carbons (Fsp3) is 0.414. The molecule has 0 saturated heterocycles. The molecule has 170 valence electrons. The Kier molecular flexibility index (Phi) is 6.69. The van der Waals surface area contributed by atoms with Crippen molar-refractivity contribution in [2.45, 2.75) is 65.3 Å². The molecule has 0 aromatic heterocycles. The maximum Gasteiger partial charge on any atom is 0.0900 e. The molecule has 32 heavy (non-hydrogen) atoms. The van der Waals surface area contributed by atoms with Gasteiger partial charge in [0, 0.05) is 31.7 Å². The maximum absolute atomic E-state index is 5.11. The highest BCUT2D eigenvalue weighted by Crippen LogP contribution is 2.36. The first-order valence-corrected chi connectivity index (χ1v) is 11.6. The molecule has 0 spiro atoms. The van der Waals surface area contributed by atoms with Crippen LogP contribution in [-0.4, -0.2) is 25.3 Å². The van der Waals surface area contributed by atoms with Crippen molar-refractivity contribution in [2.75, 3.05) is 19.0 Å². The lowest BCUT2D eigenvalue weighted by Crippen LogP contribution is -2.37. The van der Waals surface area contributed by atoms with E-state index in [2.05, 4.69) is 121 Å². The van der Waals surface area contributed by atoms with Gasteiger partial charge in [0.1, 0.15) is 0 Å². The summed E-state index contributed by atoms with van der Waals surface area (Å²) >= 11 is 0. The van der Waals surface area contributed by atoms with Gasteiger partial charge in [-0.2, -0.15) is 0 Å². The van der Waals surface area contributed by atoms with Crippen LogP contribution >= 0.6 is 0 Å². The molecule has 0 fully saturated rings. The SMILES string of the molecule is C=C(NC(C)(C)CC)C1=C(c2ccc(N(C)C)cc2)CC(c2ccc(C(C)(C)C)cc2)=N1. The second kappa shape index (κ2) is 8.97. The van der Waals surface area contributed by atoms with E-state index in [1.807, 2.05) is 0 Å². The normalized spacial score (nSPS) is 14.4. The highest BCUT2D eigenvalue weighted by atomic mass is 15.1. The molecule has 2 aromatic carbocycles. The van der Waals surface area contributed by atoms with E-state index in [1.165, 1.54) is 28.0 Å². The highest BCUT2D eigenvalue weighted by Gasteiger charge is 2.25. The monoisotopic (exact) mass is 429 g/mol. The van der Waals surface area contributed by atoms with Crippen molar-refractivity contribution in [3.8, 4) is 0 Å². The number of rotatable bonds is 7. The molecule has 0 amide bonds. The Morgan fingerprint density at radius 2 is 1.50 bits per heavy atom. The summed E-state index contributed by atoms with van der Waals surface area (Å²) in [4.78, 5) is 7.23. The third-order valence-electron chi connectivity index (χ3n) is 6.35. The Labute approximate surface area is 195 Å². The Morgan fingerprint density at radius 1 is 0.938 bits per heavy atom. The number of hydrogen-bond donors (Lipinski definition) is 1. The molecule has 1 aliphatic heterocycles. The molecule has 1 aliphatic rings. The number of allylic oxidation sites excluding steroid dienone is 1. The lowest BCUT2D eigenvalue weighted by atomic mass is 9.86. The third kappa shape index (κ3) is 5.32. The quantitative estimate of drug-likeness (QED) is 0.516. The molecular weight excluding hydrogens is 390 g/mol. The lowest BCUT2D eigenvalue weighted by molar-refractivity contribution is 0.417. The Balaban J connectivity index is 1.98. The third-order valence-corrected chi connectivity index (χ3v) is 6.35. The van der Waals surface area contributed by atoms with Gasteiger partial charge < -0.3 is 10.2 Å². The van der Waals surface area contributed by atoms with Gasteiger partial charge in [0.05, 0.1) is 17.1 Å². The lowest BCUT2D eigenvalue weighted by Gasteiger charge is -2.27. The van der Waals surface area contributed by atoms with Gasteiger partial charge in [-0.1, -0.05) is 70.7 Å². The average Bonchev–Trinajstić information content (AvgIpc) is 3.19. The van der Waals surface area contributed by atoms with Crippen molar-refractivity contribution >= 4 is 17.0 Å². The molecule has 0 unspecified atom stereocenters. The standard InChI is InChI=1S/C29H39N3/c1-10-29(6,7)31-20(2)27-25(21-13-17-24(18-14-21)32(8)9)19-26(30-27)22-11-15-23(16-12-22)28(3,4)5/h11-18,31H,2,10,19H2,1,3-9H3. The fourth-order valence-electron chi connectivity index (χ4n) is 3.83. The van der Waals surface area contributed by atoms with Gasteiger partial charge in [-0.15, -0.1) is 0 Å². The Bertz CT molecular complexity index is 1030. The number of nitrogens with zero attached hydrogens (tertiary/aromatic N) is 2. The van der Waals surface area contributed by atoms with Crippen molar-refractivity contribution in [1.82, 2.24) is 5.32 Å². The van der Waals surface area contributed by atoms with Gasteiger partial charge in [0.15, 0.2) is 0 Å². The van der Waals surface area contributed by atoms with Crippen LogP contribution in [0.3, 0.4) is 0 Å². The number of nitrogens with one attached hydrogen (secondary N) is 1. The van der Waals surface area contributed by atoms with Crippen molar-refractivity contribution in [3.63, 3.8) is 0 Å². The van der Waals surface area contributed by atoms with Crippen LogP contribution in [0.4, 0.5) is 5.69 Å². The van der Waals surface area contributed by atoms with E-state index in [1.54, 1.807) is 0 Å². The minimum Gasteiger partial charge on any atom is -0.379 e. The zero-order chi connectivity index (χ0) is 23.7. The van der Waals surface area contributed by atoms with Gasteiger partial charge in [0.25, 0.3) is 0 Å². The van der Waals surface area contributed by atoms with Crippen LogP contribution in [0.5, 0.6) is 0 Å². The van der Waals surface area contributed by atoms with Crippen LogP contribution in [0.2, 0.25) is 0 Å². The summed E-state index contributed by atoms with van der Waals surface area (Å²) in [6.07, 6.45) is 1.82. The first-order valence-electron chi connectivity index (χ1n) is 11.6. The maximum atomic E-state index is 5.11. The summed E-state index contributed by atoms with van der Waals surface area (Å²) in [7, 11) is 4.13. The van der Waals surface area contributed by atoms with Gasteiger partial charge in [0.2, 0.25) is 0 Å². The first kappa shape index (κ1) is 23.8. The number of anilines is 1. The predicted molar refractivity (Wildman–Crippen MR) is 141 cm³/mol. The summed E-state index contributed by atoms with van der Waals surface area (Å²) in [6, 6.07) is 17.6. The van der Waals surface area contributed by atoms with E-state index < -0.39 is 0 Å². The fourth-order valence-corrected chi connectivity index (χ4v) is 3.83. The molecule has 0 radical (unpaired) electrons. The molecule has 3 nitrogen and oxygen atoms in total. The molecule has 1 heterocycles. The summed E-state index contributed by atoms with van der Waals surface area (Å²) in [6.45, 7) is 17.7. The molecular formula is C29H39N3. The van der Waals surface area contributed by atoms with Crippen molar-refractivity contribution in [3.05, 3.63) is 83.2 Å². The first-order chi connectivity index (χ1) is 14.9. The molecule has 0 saturated carbocycles. The number of benzene rings is 2. The highest BCUT2D eigenvalue weighted by molar-refractivity contribution is 6.10. The second-order valence-corrected chi connectivity index (χ2v) is 10.7. The molecule has 0 atom stereocenters. The predicted octanol–water partition coefficient (Wildman–Crippen LogP) is 6.95. The van der Waals surface area contributed by atoms with Gasteiger partial charge in [-0.3, -0.25) is 4.99 Å². The molecule has 0 aliphatic carbocycles. The molecule has 3 heteroatoms. The van der Waals surface area contributed by atoms with Crippen molar-refractivity contribution in [1.29, 1.82) is 0 Å².